The van der Waals surface area contributed by atoms with Gasteiger partial charge < -0.3 is 29.2 Å². The van der Waals surface area contributed by atoms with Gasteiger partial charge in [-0.25, -0.2) is 0 Å². The number of ether oxygens (including phenoxy) is 4. The number of nitrogens with zero attached hydrogens (tertiary/aromatic N) is 2. The Balaban J connectivity index is 1.99. The lowest BCUT2D eigenvalue weighted by Crippen LogP contribution is -2.04. The maximum absolute atomic E-state index is 11.3. The van der Waals surface area contributed by atoms with E-state index in [0.29, 0.717) is 73.6 Å². The normalized spacial score (nSPS) is 11.7. The van der Waals surface area contributed by atoms with Gasteiger partial charge in [0.05, 0.1) is 50.6 Å². The van der Waals surface area contributed by atoms with E-state index in [0.717, 1.165) is 51.4 Å². The Morgan fingerprint density at radius 1 is 0.275 bits per heavy atom. The number of rotatable bonds is 61. The number of hydrogen-bond acceptors (Lipinski definition) is 8. The van der Waals surface area contributed by atoms with E-state index in [9.17, 15) is 10.2 Å². The molecule has 0 fully saturated rings. The molecule has 0 saturated heterocycles. The third-order valence-corrected chi connectivity index (χ3v) is 16.0. The van der Waals surface area contributed by atoms with Crippen LogP contribution in [0.5, 0.6) is 34.5 Å². The molecule has 0 aliphatic heterocycles. The van der Waals surface area contributed by atoms with E-state index in [2.05, 4.69) is 27.7 Å². The highest BCUT2D eigenvalue weighted by atomic mass is 16.5. The average Bonchev–Trinajstić information content (AvgIpc) is 3.46. The molecular weight excluding hydrogens is 989 g/mol. The van der Waals surface area contributed by atoms with Crippen LogP contribution in [-0.4, -0.2) is 62.2 Å². The van der Waals surface area contributed by atoms with Crippen molar-refractivity contribution in [3.63, 3.8) is 0 Å². The third kappa shape index (κ3) is 42.4. The van der Waals surface area contributed by atoms with Crippen LogP contribution in [0.25, 0.3) is 0 Å². The minimum Gasteiger partial charge on any atom is -0.507 e. The fraction of sp³-hybridized carbons (Fsp3) is 0.806. The first kappa shape index (κ1) is 72.7. The number of benzene rings is 2. The molecule has 2 aromatic rings. The number of phenolic OH excluding ortho intramolecular Hbond substituents is 2. The van der Waals surface area contributed by atoms with Crippen LogP contribution in [-0.2, 0) is 0 Å². The quantitative estimate of drug-likeness (QED) is 0.0505. The molecule has 0 saturated carbocycles. The van der Waals surface area contributed by atoms with E-state index in [4.69, 9.17) is 28.9 Å². The molecule has 80 heavy (non-hydrogen) atoms. The highest BCUT2D eigenvalue weighted by Gasteiger charge is 2.14. The summed E-state index contributed by atoms with van der Waals surface area (Å²) in [6, 6.07) is 7.25. The summed E-state index contributed by atoms with van der Waals surface area (Å²) in [5.41, 5.74) is 1.13. The van der Waals surface area contributed by atoms with Gasteiger partial charge in [0.25, 0.3) is 0 Å². The van der Waals surface area contributed by atoms with Crippen molar-refractivity contribution in [1.29, 1.82) is 0 Å². The number of aromatic hydroxyl groups is 2. The Morgan fingerprint density at radius 3 is 0.700 bits per heavy atom. The van der Waals surface area contributed by atoms with Crippen LogP contribution in [0.3, 0.4) is 0 Å². The van der Waals surface area contributed by atoms with Crippen molar-refractivity contribution >= 4 is 12.4 Å². The smallest absolute Gasteiger partial charge is 0.135 e. The zero-order chi connectivity index (χ0) is 57.3. The van der Waals surface area contributed by atoms with E-state index in [-0.39, 0.29) is 11.5 Å². The maximum atomic E-state index is 11.3. The van der Waals surface area contributed by atoms with Crippen molar-refractivity contribution in [2.75, 3.05) is 39.5 Å². The molecule has 0 aliphatic carbocycles. The lowest BCUT2D eigenvalue weighted by Gasteiger charge is -2.14. The predicted molar refractivity (Wildman–Crippen MR) is 347 cm³/mol. The molecule has 0 aliphatic rings. The van der Waals surface area contributed by atoms with E-state index in [1.54, 1.807) is 24.6 Å². The molecular formula is C72H128N2O6. The molecule has 0 spiro atoms. The fourth-order valence-corrected chi connectivity index (χ4v) is 10.8. The number of aliphatic imine (C=N–C) groups is 2. The van der Waals surface area contributed by atoms with Crippen LogP contribution >= 0.6 is 0 Å². The standard InChI is InChI=1S/C72H128N2O6/c1-5-9-13-17-21-25-29-33-37-41-45-49-55-77-65-59-69(75)67(71(61-65)79-57-51-47-43-39-35-31-27-23-19-15-11-7-3)63-73-53-54-74-64-68-70(76)60-66(78-56-50-46-42-38-34-30-26-22-18-14-10-6-2)62-72(68)80-58-52-48-44-40-36-32-28-24-20-16-12-8-4/h59-64,75-76H,5-58H2,1-4H3. The van der Waals surface area contributed by atoms with Crippen LogP contribution in [0.2, 0.25) is 0 Å². The Bertz CT molecular complexity index is 1590. The van der Waals surface area contributed by atoms with Crippen LogP contribution in [0, 0.1) is 0 Å². The maximum Gasteiger partial charge on any atom is 0.135 e. The van der Waals surface area contributed by atoms with Gasteiger partial charge in [-0.15, -0.1) is 0 Å². The lowest BCUT2D eigenvalue weighted by atomic mass is 10.1. The van der Waals surface area contributed by atoms with Crippen molar-refractivity contribution in [3.05, 3.63) is 35.4 Å². The van der Waals surface area contributed by atoms with Gasteiger partial charge in [-0.3, -0.25) is 9.98 Å². The average molecular weight is 1120 g/mol. The van der Waals surface area contributed by atoms with E-state index in [1.165, 1.54) is 257 Å². The van der Waals surface area contributed by atoms with Crippen molar-refractivity contribution < 1.29 is 29.2 Å². The van der Waals surface area contributed by atoms with Gasteiger partial charge >= 0.3 is 0 Å². The second-order valence-corrected chi connectivity index (χ2v) is 23.7. The summed E-state index contributed by atoms with van der Waals surface area (Å²) in [4.78, 5) is 9.41. The Kier molecular flexibility index (Phi) is 51.0. The van der Waals surface area contributed by atoms with Gasteiger partial charge in [0.15, 0.2) is 0 Å². The van der Waals surface area contributed by atoms with Crippen LogP contribution in [0.4, 0.5) is 0 Å². The molecule has 2 N–H and O–H groups in total. The van der Waals surface area contributed by atoms with E-state index >= 15 is 0 Å². The highest BCUT2D eigenvalue weighted by molar-refractivity contribution is 5.88. The minimum absolute atomic E-state index is 0.107. The molecule has 8 heteroatoms. The summed E-state index contributed by atoms with van der Waals surface area (Å²) >= 11 is 0. The summed E-state index contributed by atoms with van der Waals surface area (Å²) in [7, 11) is 0. The molecule has 0 aromatic heterocycles. The molecule has 0 bridgehead atoms. The molecule has 8 nitrogen and oxygen atoms in total. The zero-order valence-electron chi connectivity index (χ0n) is 53.1. The van der Waals surface area contributed by atoms with Crippen molar-refractivity contribution in [2.24, 2.45) is 9.98 Å². The number of hydrogen-bond donors (Lipinski definition) is 2. The number of unbranched alkanes of at least 4 members (excludes halogenated alkanes) is 44. The zero-order valence-corrected chi connectivity index (χ0v) is 53.1. The second kappa shape index (κ2) is 56.1. The largest absolute Gasteiger partial charge is 0.507 e. The predicted octanol–water partition coefficient (Wildman–Crippen LogP) is 23.0. The summed E-state index contributed by atoms with van der Waals surface area (Å²) in [5, 5.41) is 22.7. The van der Waals surface area contributed by atoms with Gasteiger partial charge in [0.2, 0.25) is 0 Å². The summed E-state index contributed by atoms with van der Waals surface area (Å²) < 4.78 is 25.2. The van der Waals surface area contributed by atoms with Gasteiger partial charge in [-0.1, -0.05) is 310 Å². The summed E-state index contributed by atoms with van der Waals surface area (Å²) in [6.45, 7) is 12.3. The number of phenols is 2. The van der Waals surface area contributed by atoms with Gasteiger partial charge in [-0.05, 0) is 25.7 Å². The van der Waals surface area contributed by atoms with Gasteiger partial charge in [-0.2, -0.15) is 0 Å². The van der Waals surface area contributed by atoms with Gasteiger partial charge in [0, 0.05) is 36.7 Å². The molecule has 0 heterocycles. The van der Waals surface area contributed by atoms with Crippen LogP contribution < -0.4 is 18.9 Å². The van der Waals surface area contributed by atoms with Crippen molar-refractivity contribution in [2.45, 2.75) is 336 Å². The first-order chi connectivity index (χ1) is 39.5. The molecule has 0 atom stereocenters. The summed E-state index contributed by atoms with van der Waals surface area (Å²) in [6.07, 6.45) is 65.7. The SMILES string of the molecule is CCCCCCCCCCCCCCOc1cc(O)c(C=NCCN=Cc2c(O)cc(OCCCCCCCCCCCCCC)cc2OCCCCCCCCCCCCCC)c(OCCCCCCCCCCCCCC)c1. The van der Waals surface area contributed by atoms with E-state index < -0.39 is 0 Å². The van der Waals surface area contributed by atoms with E-state index in [1.807, 2.05) is 12.1 Å². The van der Waals surface area contributed by atoms with Crippen molar-refractivity contribution in [1.82, 2.24) is 0 Å². The molecule has 0 amide bonds. The van der Waals surface area contributed by atoms with Crippen LogP contribution in [0.1, 0.15) is 347 Å². The van der Waals surface area contributed by atoms with Gasteiger partial charge in [0.1, 0.15) is 34.5 Å². The lowest BCUT2D eigenvalue weighted by molar-refractivity contribution is 0.286. The van der Waals surface area contributed by atoms with Crippen molar-refractivity contribution in [3.8, 4) is 34.5 Å². The molecule has 0 radical (unpaired) electrons. The summed E-state index contributed by atoms with van der Waals surface area (Å²) in [5.74, 6) is 2.69. The molecule has 2 rings (SSSR count). The Morgan fingerprint density at radius 2 is 0.475 bits per heavy atom. The topological polar surface area (TPSA) is 102 Å². The first-order valence-corrected chi connectivity index (χ1v) is 34.8. The first-order valence-electron chi connectivity index (χ1n) is 34.8. The Labute approximate surface area is 494 Å². The fourth-order valence-electron chi connectivity index (χ4n) is 10.8. The second-order valence-electron chi connectivity index (χ2n) is 23.7. The van der Waals surface area contributed by atoms with Crippen LogP contribution in [0.15, 0.2) is 34.3 Å². The third-order valence-electron chi connectivity index (χ3n) is 16.0. The molecule has 0 unspecified atom stereocenters. The highest BCUT2D eigenvalue weighted by Crippen LogP contribution is 2.34. The Hall–Kier alpha value is -3.42. The molecule has 462 valence electrons. The monoisotopic (exact) mass is 1120 g/mol. The molecule has 2 aromatic carbocycles. The minimum atomic E-state index is 0.107.